The van der Waals surface area contributed by atoms with Crippen LogP contribution in [-0.2, 0) is 4.79 Å². The lowest BCUT2D eigenvalue weighted by Crippen LogP contribution is -2.06. The summed E-state index contributed by atoms with van der Waals surface area (Å²) in [4.78, 5) is 11.7. The van der Waals surface area contributed by atoms with E-state index in [2.05, 4.69) is 52.5 Å². The summed E-state index contributed by atoms with van der Waals surface area (Å²) in [5.74, 6) is -0.642. The Balaban J connectivity index is 4.77. The molecule has 1 unspecified atom stereocenters. The van der Waals surface area contributed by atoms with Crippen LogP contribution in [0.1, 0.15) is 92.4 Å². The maximum absolute atomic E-state index is 11.7. The predicted octanol–water partition coefficient (Wildman–Crippen LogP) is 7.47. The average Bonchev–Trinajstić information content (AvgIpc) is 2.76. The van der Waals surface area contributed by atoms with Gasteiger partial charge in [0.1, 0.15) is 0 Å². The van der Waals surface area contributed by atoms with Gasteiger partial charge < -0.3 is 15.3 Å². The molecule has 0 rings (SSSR count). The Morgan fingerprint density at radius 3 is 1.91 bits per heavy atom. The minimum absolute atomic E-state index is 0.120. The maximum Gasteiger partial charge on any atom is 0.331 e. The zero-order chi connectivity index (χ0) is 25.9. The Morgan fingerprint density at radius 2 is 1.38 bits per heavy atom. The Morgan fingerprint density at radius 1 is 0.794 bits per heavy atom. The normalized spacial score (nSPS) is 14.2. The molecule has 0 aromatic heterocycles. The molecule has 0 aliphatic heterocycles. The largest absolute Gasteiger partial charge is 0.478 e. The van der Waals surface area contributed by atoms with E-state index in [0.717, 1.165) is 49.7 Å². The van der Waals surface area contributed by atoms with Gasteiger partial charge in [0.25, 0.3) is 0 Å². The number of carboxylic acid groups (broad SMARTS) is 1. The molecule has 0 aliphatic rings. The molecule has 1 atom stereocenters. The Hall–Kier alpha value is -2.17. The number of hydrogen-bond acceptors (Lipinski definition) is 3. The molecule has 4 heteroatoms. The molecule has 0 aromatic rings. The summed E-state index contributed by atoms with van der Waals surface area (Å²) in [5.41, 5.74) is 6.38. The van der Waals surface area contributed by atoms with Crippen molar-refractivity contribution >= 4 is 5.97 Å². The number of carboxylic acids is 1. The molecule has 0 saturated carbocycles. The fourth-order valence-corrected chi connectivity index (χ4v) is 3.68. The molecule has 192 valence electrons. The lowest BCUT2D eigenvalue weighted by atomic mass is 9.89. The first-order valence-electron chi connectivity index (χ1n) is 12.5. The smallest absolute Gasteiger partial charge is 0.331 e. The first kappa shape index (κ1) is 31.8. The molecule has 0 spiro atoms. The average molecular weight is 473 g/mol. The summed E-state index contributed by atoms with van der Waals surface area (Å²) >= 11 is 0. The van der Waals surface area contributed by atoms with Crippen molar-refractivity contribution in [3.05, 3.63) is 70.4 Å². The second kappa shape index (κ2) is 19.2. The highest BCUT2D eigenvalue weighted by Crippen LogP contribution is 2.24. The minimum atomic E-state index is -0.893. The van der Waals surface area contributed by atoms with Crippen LogP contribution in [0.25, 0.3) is 0 Å². The van der Waals surface area contributed by atoms with Crippen LogP contribution >= 0.6 is 0 Å². The van der Waals surface area contributed by atoms with E-state index in [1.54, 1.807) is 12.2 Å². The van der Waals surface area contributed by atoms with Crippen molar-refractivity contribution in [3.8, 4) is 0 Å². The first-order valence-corrected chi connectivity index (χ1v) is 12.5. The fourth-order valence-electron chi connectivity index (χ4n) is 3.68. The van der Waals surface area contributed by atoms with Crippen LogP contribution in [0, 0.1) is 5.92 Å². The van der Waals surface area contributed by atoms with Crippen LogP contribution in [0.2, 0.25) is 0 Å². The van der Waals surface area contributed by atoms with Gasteiger partial charge >= 0.3 is 5.97 Å². The van der Waals surface area contributed by atoms with E-state index >= 15 is 0 Å². The van der Waals surface area contributed by atoms with Crippen LogP contribution in [0.15, 0.2) is 70.4 Å². The van der Waals surface area contributed by atoms with Crippen molar-refractivity contribution in [1.29, 1.82) is 0 Å². The zero-order valence-electron chi connectivity index (χ0n) is 22.2. The van der Waals surface area contributed by atoms with Gasteiger partial charge in [-0.2, -0.15) is 0 Å². The molecule has 0 bridgehead atoms. The summed E-state index contributed by atoms with van der Waals surface area (Å²) in [6.07, 6.45) is 17.7. The second-order valence-corrected chi connectivity index (χ2v) is 9.55. The van der Waals surface area contributed by atoms with E-state index in [1.807, 2.05) is 6.92 Å². The molecule has 0 amide bonds. The molecule has 4 nitrogen and oxygen atoms in total. The number of rotatable bonds is 18. The fraction of sp³-hybridized carbons (Fsp3) is 0.567. The van der Waals surface area contributed by atoms with Crippen molar-refractivity contribution in [1.82, 2.24) is 0 Å². The Labute approximate surface area is 208 Å². The van der Waals surface area contributed by atoms with Gasteiger partial charge in [0.05, 0.1) is 13.2 Å². The molecule has 0 aliphatic carbocycles. The molecule has 0 aromatic carbocycles. The topological polar surface area (TPSA) is 77.8 Å². The maximum atomic E-state index is 11.7. The molecule has 34 heavy (non-hydrogen) atoms. The van der Waals surface area contributed by atoms with E-state index in [1.165, 1.54) is 16.7 Å². The molecular weight excluding hydrogens is 424 g/mol. The van der Waals surface area contributed by atoms with Crippen LogP contribution in [0.3, 0.4) is 0 Å². The molecule has 3 N–H and O–H groups in total. The molecule has 0 fully saturated rings. The second-order valence-electron chi connectivity index (χ2n) is 9.55. The molecular formula is C30H48O4. The number of aliphatic hydroxyl groups excluding tert-OH is 2. The minimum Gasteiger partial charge on any atom is -0.478 e. The standard InChI is InChI=1S/C30H48O4/c1-23(2)10-7-11-25(5)12-8-13-26(6)16-17-28(24(3)4)18-19-29(30(33)34)15-9-14-27(22-32)20-21-31/h10,12,15-16,20,28,31-32H,3,7-9,11,13-14,17-19,21-22H2,1-2,4-6H3,(H,33,34). The Kier molecular flexibility index (Phi) is 17.9. The van der Waals surface area contributed by atoms with Gasteiger partial charge in [-0.1, -0.05) is 59.3 Å². The quantitative estimate of drug-likeness (QED) is 0.143. The van der Waals surface area contributed by atoms with Crippen molar-refractivity contribution in [2.45, 2.75) is 92.4 Å². The lowest BCUT2D eigenvalue weighted by Gasteiger charge is -2.16. The predicted molar refractivity (Wildman–Crippen MR) is 145 cm³/mol. The SMILES string of the molecule is C=C(C)C(CC=C(C)CCC=C(C)CCC=C(C)C)CCC(=CCCC(=CCO)CO)C(=O)O. The van der Waals surface area contributed by atoms with Gasteiger partial charge in [0, 0.05) is 5.57 Å². The van der Waals surface area contributed by atoms with E-state index < -0.39 is 5.97 Å². The number of allylic oxidation sites excluding steroid dienone is 8. The van der Waals surface area contributed by atoms with E-state index in [0.29, 0.717) is 24.8 Å². The van der Waals surface area contributed by atoms with Gasteiger partial charge in [-0.3, -0.25) is 0 Å². The third kappa shape index (κ3) is 16.4. The van der Waals surface area contributed by atoms with Gasteiger partial charge in [-0.15, -0.1) is 0 Å². The molecule has 0 heterocycles. The number of carbonyl (C=O) groups is 1. The highest BCUT2D eigenvalue weighted by molar-refractivity contribution is 5.86. The monoisotopic (exact) mass is 472 g/mol. The van der Waals surface area contributed by atoms with Crippen LogP contribution < -0.4 is 0 Å². The first-order chi connectivity index (χ1) is 16.1. The third-order valence-electron chi connectivity index (χ3n) is 6.05. The number of aliphatic carboxylic acids is 1. The van der Waals surface area contributed by atoms with Crippen molar-refractivity contribution in [3.63, 3.8) is 0 Å². The van der Waals surface area contributed by atoms with Crippen molar-refractivity contribution in [2.75, 3.05) is 13.2 Å². The van der Waals surface area contributed by atoms with Gasteiger partial charge in [-0.25, -0.2) is 4.79 Å². The summed E-state index contributed by atoms with van der Waals surface area (Å²) in [6, 6.07) is 0. The third-order valence-corrected chi connectivity index (χ3v) is 6.05. The zero-order valence-corrected chi connectivity index (χ0v) is 22.2. The summed E-state index contributed by atoms with van der Waals surface area (Å²) < 4.78 is 0. The van der Waals surface area contributed by atoms with Gasteiger partial charge in [0.2, 0.25) is 0 Å². The van der Waals surface area contributed by atoms with Crippen molar-refractivity contribution < 1.29 is 20.1 Å². The summed E-state index contributed by atoms with van der Waals surface area (Å²) in [7, 11) is 0. The van der Waals surface area contributed by atoms with Crippen molar-refractivity contribution in [2.24, 2.45) is 5.92 Å². The highest BCUT2D eigenvalue weighted by Gasteiger charge is 2.13. The Bertz CT molecular complexity index is 774. The molecule has 0 radical (unpaired) electrons. The molecule has 0 saturated heterocycles. The number of aliphatic hydroxyl groups is 2. The summed E-state index contributed by atoms with van der Waals surface area (Å²) in [6.45, 7) is 14.6. The van der Waals surface area contributed by atoms with E-state index in [9.17, 15) is 15.0 Å². The van der Waals surface area contributed by atoms with Gasteiger partial charge in [0.15, 0.2) is 0 Å². The van der Waals surface area contributed by atoms with Crippen LogP contribution in [0.5, 0.6) is 0 Å². The number of hydrogen-bond donors (Lipinski definition) is 3. The van der Waals surface area contributed by atoms with Crippen LogP contribution in [-0.4, -0.2) is 34.5 Å². The summed E-state index contributed by atoms with van der Waals surface area (Å²) in [5, 5.41) is 27.8. The van der Waals surface area contributed by atoms with E-state index in [4.69, 9.17) is 5.11 Å². The van der Waals surface area contributed by atoms with Crippen LogP contribution in [0.4, 0.5) is 0 Å². The van der Waals surface area contributed by atoms with E-state index in [-0.39, 0.29) is 19.1 Å². The lowest BCUT2D eigenvalue weighted by molar-refractivity contribution is -0.132. The van der Waals surface area contributed by atoms with Gasteiger partial charge in [-0.05, 0) is 104 Å². The highest BCUT2D eigenvalue weighted by atomic mass is 16.4.